The van der Waals surface area contributed by atoms with Crippen LogP contribution in [0.2, 0.25) is 0 Å². The highest BCUT2D eigenvalue weighted by Crippen LogP contribution is 2.43. The summed E-state index contributed by atoms with van der Waals surface area (Å²) in [6.07, 6.45) is 9.31. The van der Waals surface area contributed by atoms with Crippen molar-refractivity contribution in [2.75, 3.05) is 58.8 Å². The maximum Gasteiger partial charge on any atom is 0.316 e. The summed E-state index contributed by atoms with van der Waals surface area (Å²) < 4.78 is 6.39. The molecule has 0 bridgehead atoms. The zero-order valence-electron chi connectivity index (χ0n) is 27.9. The van der Waals surface area contributed by atoms with Crippen LogP contribution in [0, 0.1) is 25.3 Å². The second-order valence-corrected chi connectivity index (χ2v) is 13.8. The first-order valence-electron chi connectivity index (χ1n) is 17.0. The molecule has 2 fully saturated rings. The Bertz CT molecular complexity index is 1620. The van der Waals surface area contributed by atoms with Gasteiger partial charge in [-0.1, -0.05) is 36.4 Å². The summed E-state index contributed by atoms with van der Waals surface area (Å²) in [6.45, 7) is 14.2. The van der Waals surface area contributed by atoms with Crippen molar-refractivity contribution in [1.82, 2.24) is 19.8 Å². The molecule has 0 radical (unpaired) electrons. The number of aromatic nitrogens is 2. The molecule has 1 saturated heterocycles. The predicted octanol–water partition coefficient (Wildman–Crippen LogP) is 6.08. The normalized spacial score (nSPS) is 23.6. The number of ether oxygens (including phenoxy) is 1. The fraction of sp³-hybridized carbons (Fsp3) is 0.526. The fourth-order valence-electron chi connectivity index (χ4n) is 7.88. The van der Waals surface area contributed by atoms with Crippen LogP contribution < -0.4 is 9.64 Å². The average Bonchev–Trinajstić information content (AvgIpc) is 3.47. The minimum atomic E-state index is -0.111. The molecule has 2 aromatic carbocycles. The van der Waals surface area contributed by atoms with Crippen LogP contribution in [0.1, 0.15) is 60.5 Å². The Kier molecular flexibility index (Phi) is 10.0. The molecular weight excluding hydrogens is 572 g/mol. The Morgan fingerprint density at radius 2 is 1.96 bits per heavy atom. The van der Waals surface area contributed by atoms with Crippen molar-refractivity contribution in [3.63, 3.8) is 0 Å². The maximum atomic E-state index is 13.3. The largest absolute Gasteiger partial charge is 0.462 e. The van der Waals surface area contributed by atoms with Crippen molar-refractivity contribution in [1.29, 1.82) is 0 Å². The Hall–Kier alpha value is -3.80. The molecule has 3 aromatic rings. The van der Waals surface area contributed by atoms with Gasteiger partial charge in [0.2, 0.25) is 6.54 Å². The van der Waals surface area contributed by atoms with Crippen LogP contribution in [-0.4, -0.2) is 85.5 Å². The molecule has 4 atom stereocenters. The lowest BCUT2D eigenvalue weighted by atomic mass is 9.70. The van der Waals surface area contributed by atoms with E-state index in [0.717, 1.165) is 63.1 Å². The first-order chi connectivity index (χ1) is 22.3. The number of ketones is 1. The molecule has 8 heteroatoms. The number of rotatable bonds is 10. The number of likely N-dealkylation sites (tertiary alicyclic amines) is 1. The van der Waals surface area contributed by atoms with Gasteiger partial charge in [-0.25, -0.2) is 6.57 Å². The van der Waals surface area contributed by atoms with E-state index in [1.54, 1.807) is 6.08 Å². The Balaban J connectivity index is 1.30. The highest BCUT2D eigenvalue weighted by molar-refractivity contribution is 5.97. The average molecular weight is 621 g/mol. The van der Waals surface area contributed by atoms with Crippen LogP contribution >= 0.6 is 0 Å². The van der Waals surface area contributed by atoms with E-state index in [1.807, 2.05) is 25.1 Å². The van der Waals surface area contributed by atoms with Gasteiger partial charge >= 0.3 is 6.01 Å². The van der Waals surface area contributed by atoms with Crippen LogP contribution in [0.5, 0.6) is 6.01 Å². The molecule has 1 saturated carbocycles. The van der Waals surface area contributed by atoms with Crippen LogP contribution in [0.25, 0.3) is 15.6 Å². The lowest BCUT2D eigenvalue weighted by Crippen LogP contribution is -2.35. The summed E-state index contributed by atoms with van der Waals surface area (Å²) in [6, 6.07) is 13.9. The predicted molar refractivity (Wildman–Crippen MR) is 184 cm³/mol. The third kappa shape index (κ3) is 6.96. The summed E-state index contributed by atoms with van der Waals surface area (Å²) in [7, 11) is 6.16. The van der Waals surface area contributed by atoms with Gasteiger partial charge in [0.25, 0.3) is 0 Å². The first-order valence-corrected chi connectivity index (χ1v) is 17.0. The van der Waals surface area contributed by atoms with Crippen molar-refractivity contribution >= 4 is 22.2 Å². The summed E-state index contributed by atoms with van der Waals surface area (Å²) in [5, 5.41) is 2.55. The van der Waals surface area contributed by atoms with Crippen LogP contribution in [0.15, 0.2) is 48.6 Å². The monoisotopic (exact) mass is 620 g/mol. The molecule has 1 aliphatic carbocycles. The zero-order chi connectivity index (χ0) is 32.2. The number of nitrogens with zero attached hydrogens (tertiary/aromatic N) is 6. The van der Waals surface area contributed by atoms with Gasteiger partial charge in [0.05, 0.1) is 17.9 Å². The third-order valence-corrected chi connectivity index (χ3v) is 10.4. The number of fused-ring (bicyclic) bond motifs is 2. The SMILES string of the molecule is [C-]#[N+]C[C@H]1CC(c2nc(OC[C@@H]3CCCN3C)nc3c2CCN(c2cccc4cccc(C)c24)C3)CCC1C(=O)/C=C/CN(C)C. The van der Waals surface area contributed by atoms with Gasteiger partial charge in [-0.2, -0.15) is 9.97 Å². The Morgan fingerprint density at radius 3 is 2.72 bits per heavy atom. The van der Waals surface area contributed by atoms with E-state index in [-0.39, 0.29) is 23.5 Å². The second-order valence-electron chi connectivity index (χ2n) is 13.8. The number of benzene rings is 2. The Morgan fingerprint density at radius 1 is 1.13 bits per heavy atom. The number of likely N-dealkylation sites (N-methyl/N-ethyl adjacent to an activating group) is 2. The summed E-state index contributed by atoms with van der Waals surface area (Å²) in [5.41, 5.74) is 5.89. The number of anilines is 1. The van der Waals surface area contributed by atoms with E-state index in [2.05, 4.69) is 65.0 Å². The number of aryl methyl sites for hydroxylation is 1. The first kappa shape index (κ1) is 32.2. The smallest absolute Gasteiger partial charge is 0.316 e. The molecule has 46 heavy (non-hydrogen) atoms. The molecule has 242 valence electrons. The Labute approximate surface area is 274 Å². The number of carbonyl (C=O) groups excluding carboxylic acids is 1. The standard InChI is InChI=1S/C38H48N6O2/c1-26-10-6-11-27-12-7-14-34(36(26)27)44-21-18-32-33(24-44)40-38(46-25-30-13-8-20-43(30)5)41-37(32)28-16-17-31(29(22-28)23-39-2)35(45)15-9-19-42(3)4/h6-7,9-12,14-15,28-31H,8,13,16-25H2,1,3-5H3/b15-9+/t28?,29-,30+,31?/m1/s1. The van der Waals surface area contributed by atoms with Gasteiger partial charge < -0.3 is 24.3 Å². The molecule has 3 aliphatic rings. The van der Waals surface area contributed by atoms with E-state index < -0.39 is 0 Å². The zero-order valence-corrected chi connectivity index (χ0v) is 27.9. The van der Waals surface area contributed by atoms with Crippen molar-refractivity contribution in [2.24, 2.45) is 11.8 Å². The number of carbonyl (C=O) groups is 1. The van der Waals surface area contributed by atoms with Gasteiger partial charge in [0, 0.05) is 48.0 Å². The highest BCUT2D eigenvalue weighted by atomic mass is 16.5. The quantitative estimate of drug-likeness (QED) is 0.201. The van der Waals surface area contributed by atoms with Gasteiger partial charge in [0.1, 0.15) is 6.61 Å². The maximum absolute atomic E-state index is 13.3. The molecule has 0 amide bonds. The summed E-state index contributed by atoms with van der Waals surface area (Å²) in [4.78, 5) is 34.1. The van der Waals surface area contributed by atoms with E-state index in [9.17, 15) is 4.79 Å². The van der Waals surface area contributed by atoms with Crippen LogP contribution in [0.3, 0.4) is 0 Å². The molecular formula is C38H48N6O2. The van der Waals surface area contributed by atoms with Crippen LogP contribution in [0.4, 0.5) is 5.69 Å². The van der Waals surface area contributed by atoms with Gasteiger partial charge in [-0.3, -0.25) is 4.79 Å². The molecule has 3 heterocycles. The molecule has 8 nitrogen and oxygen atoms in total. The summed E-state index contributed by atoms with van der Waals surface area (Å²) >= 11 is 0. The van der Waals surface area contributed by atoms with E-state index in [1.165, 1.54) is 34.0 Å². The summed E-state index contributed by atoms with van der Waals surface area (Å²) in [5.74, 6) is 0.249. The van der Waals surface area contributed by atoms with E-state index >= 15 is 0 Å². The van der Waals surface area contributed by atoms with Crippen LogP contribution in [-0.2, 0) is 17.8 Å². The van der Waals surface area contributed by atoms with Crippen molar-refractivity contribution < 1.29 is 9.53 Å². The molecule has 6 rings (SSSR count). The van der Waals surface area contributed by atoms with Crippen molar-refractivity contribution in [3.8, 4) is 6.01 Å². The molecule has 1 aromatic heterocycles. The third-order valence-electron chi connectivity index (χ3n) is 10.4. The van der Waals surface area contributed by atoms with Gasteiger partial charge in [-0.15, -0.1) is 0 Å². The lowest BCUT2D eigenvalue weighted by molar-refractivity contribution is -0.120. The number of allylic oxidation sites excluding steroid dienone is 1. The van der Waals surface area contributed by atoms with Crippen molar-refractivity contribution in [3.05, 3.63) is 82.5 Å². The molecule has 0 spiro atoms. The molecule has 2 aliphatic heterocycles. The highest BCUT2D eigenvalue weighted by Gasteiger charge is 2.39. The van der Waals surface area contributed by atoms with Gasteiger partial charge in [0.15, 0.2) is 5.78 Å². The van der Waals surface area contributed by atoms with Crippen molar-refractivity contribution in [2.45, 2.75) is 64.0 Å². The van der Waals surface area contributed by atoms with E-state index in [0.29, 0.717) is 31.7 Å². The minimum absolute atomic E-state index is 0.0219. The lowest BCUT2D eigenvalue weighted by Gasteiger charge is -2.36. The fourth-order valence-corrected chi connectivity index (χ4v) is 7.88. The van der Waals surface area contributed by atoms with E-state index in [4.69, 9.17) is 21.3 Å². The molecule has 0 N–H and O–H groups in total. The topological polar surface area (TPSA) is 66.2 Å². The second kappa shape index (κ2) is 14.3. The number of hydrogen-bond donors (Lipinski definition) is 0. The minimum Gasteiger partial charge on any atom is -0.462 e. The van der Waals surface area contributed by atoms with Gasteiger partial charge in [-0.05, 0) is 102 Å². The molecule has 2 unspecified atom stereocenters. The number of hydrogen-bond acceptors (Lipinski definition) is 7.